The molecule has 1 aliphatic carbocycles. The summed E-state index contributed by atoms with van der Waals surface area (Å²) in [6, 6.07) is 17.2. The molecule has 2 aromatic carbocycles. The molecular formula is C41H50F2N8O4S. The second-order valence-corrected chi connectivity index (χ2v) is 16.8. The zero-order valence-corrected chi connectivity index (χ0v) is 32.5. The molecule has 0 radical (unpaired) electrons. The number of H-pyrrole nitrogens is 1. The zero-order chi connectivity index (χ0) is 39.2. The monoisotopic (exact) mass is 788 g/mol. The largest absolute Gasteiger partial charge is 0.369 e. The molecule has 4 aliphatic rings. The van der Waals surface area contributed by atoms with Gasteiger partial charge in [0.15, 0.2) is 0 Å². The van der Waals surface area contributed by atoms with Gasteiger partial charge in [0.2, 0.25) is 17.8 Å². The number of anilines is 2. The van der Waals surface area contributed by atoms with Crippen molar-refractivity contribution in [3.63, 3.8) is 0 Å². The summed E-state index contributed by atoms with van der Waals surface area (Å²) in [6.07, 6.45) is 6.82. The van der Waals surface area contributed by atoms with Crippen molar-refractivity contribution >= 4 is 45.5 Å². The molecule has 56 heavy (non-hydrogen) atoms. The van der Waals surface area contributed by atoms with Gasteiger partial charge in [0, 0.05) is 75.5 Å². The number of nitrogens with zero attached hydrogens (tertiary/aromatic N) is 5. The van der Waals surface area contributed by atoms with Crippen LogP contribution in [-0.2, 0) is 27.1 Å². The molecule has 2 atom stereocenters. The van der Waals surface area contributed by atoms with Gasteiger partial charge in [-0.15, -0.1) is 0 Å². The van der Waals surface area contributed by atoms with Crippen LogP contribution in [0.1, 0.15) is 87.3 Å². The first-order valence-electron chi connectivity index (χ1n) is 19.7. The summed E-state index contributed by atoms with van der Waals surface area (Å²) < 4.78 is 41.5. The number of hydrogen-bond acceptors (Lipinski definition) is 9. The molecule has 15 heteroatoms. The van der Waals surface area contributed by atoms with Gasteiger partial charge in [-0.25, -0.2) is 22.3 Å². The summed E-state index contributed by atoms with van der Waals surface area (Å²) in [7, 11) is -1.30. The Bertz CT molecular complexity index is 2060. The van der Waals surface area contributed by atoms with E-state index in [4.69, 9.17) is 0 Å². The third kappa shape index (κ3) is 9.85. The topological polar surface area (TPSA) is 144 Å². The summed E-state index contributed by atoms with van der Waals surface area (Å²) in [5, 5.41) is 6.02. The van der Waals surface area contributed by atoms with Crippen LogP contribution in [0.4, 0.5) is 20.4 Å². The van der Waals surface area contributed by atoms with Crippen molar-refractivity contribution in [2.75, 3.05) is 49.5 Å². The van der Waals surface area contributed by atoms with Crippen LogP contribution in [0, 0.1) is 5.92 Å². The molecule has 5 heterocycles. The van der Waals surface area contributed by atoms with E-state index in [9.17, 15) is 27.4 Å². The molecule has 4 aromatic rings. The lowest BCUT2D eigenvalue weighted by atomic mass is 9.90. The molecule has 0 bridgehead atoms. The highest BCUT2D eigenvalue weighted by Gasteiger charge is 2.28. The maximum atomic E-state index is 13.4. The molecule has 0 spiro atoms. The number of piperidine rings is 2. The number of pyridine rings is 1. The van der Waals surface area contributed by atoms with Crippen LogP contribution in [0.25, 0.3) is 11.0 Å². The van der Waals surface area contributed by atoms with Gasteiger partial charge in [-0.1, -0.05) is 56.9 Å². The minimum Gasteiger partial charge on any atom is -0.369 e. The van der Waals surface area contributed by atoms with Crippen molar-refractivity contribution in [1.29, 1.82) is 0 Å². The number of amides is 2. The maximum absolute atomic E-state index is 13.4. The molecule has 4 fully saturated rings. The predicted molar refractivity (Wildman–Crippen MR) is 213 cm³/mol. The molecule has 3 N–H and O–H groups in total. The van der Waals surface area contributed by atoms with Crippen LogP contribution in [-0.4, -0.2) is 85.5 Å². The minimum atomic E-state index is -2.88. The van der Waals surface area contributed by atoms with Crippen molar-refractivity contribution < 1.29 is 22.6 Å². The number of imide groups is 1. The van der Waals surface area contributed by atoms with Crippen molar-refractivity contribution in [1.82, 2.24) is 29.5 Å². The number of carbonyl (C=O) groups is 2. The lowest BCUT2D eigenvalue weighted by Gasteiger charge is -2.36. The number of alkyl halides is 2. The van der Waals surface area contributed by atoms with Crippen molar-refractivity contribution in [3.05, 3.63) is 87.8 Å². The molecule has 2 aromatic heterocycles. The fourth-order valence-corrected chi connectivity index (χ4v) is 9.14. The predicted octanol–water partition coefficient (Wildman–Crippen LogP) is 5.89. The van der Waals surface area contributed by atoms with Crippen molar-refractivity contribution in [2.24, 2.45) is 5.92 Å². The van der Waals surface area contributed by atoms with Crippen LogP contribution >= 0.6 is 0 Å². The number of rotatable bonds is 9. The number of benzene rings is 2. The Morgan fingerprint density at radius 1 is 0.893 bits per heavy atom. The van der Waals surface area contributed by atoms with E-state index in [0.717, 1.165) is 60.9 Å². The van der Waals surface area contributed by atoms with Gasteiger partial charge < -0.3 is 15.2 Å². The standard InChI is InChI=1S/C35H38F2N8O4S.C6H12/c36-31(37)29-19-24-20-38-35(42-32(24)41-34(29)48)39-25-11-13-45(14-12-25)50(49)27-7-5-26(6-8-27)44-17-15-43(16-18-44)21-22-1-3-23(4-2-22)28-9-10-30(46)40-33(28)47;1-6-4-2-3-5-6/h1-8,19-20,25,28,31H,9-18,21H2,(H,40,46,47)(H2,38,39,41,42,48);6H,2-5H2,1H3. The van der Waals surface area contributed by atoms with E-state index in [1.165, 1.54) is 37.4 Å². The van der Waals surface area contributed by atoms with Crippen LogP contribution in [0.5, 0.6) is 0 Å². The van der Waals surface area contributed by atoms with Crippen molar-refractivity contribution in [2.45, 2.75) is 88.1 Å². The zero-order valence-electron chi connectivity index (χ0n) is 31.7. The number of piperazine rings is 1. The molecule has 12 nitrogen and oxygen atoms in total. The second kappa shape index (κ2) is 18.1. The smallest absolute Gasteiger partial charge is 0.269 e. The number of aromatic nitrogens is 3. The van der Waals surface area contributed by atoms with E-state index in [0.29, 0.717) is 50.1 Å². The molecule has 3 aliphatic heterocycles. The van der Waals surface area contributed by atoms with Crippen LogP contribution < -0.4 is 21.1 Å². The summed E-state index contributed by atoms with van der Waals surface area (Å²) in [5.74, 6) is 0.659. The van der Waals surface area contributed by atoms with E-state index in [1.807, 2.05) is 40.7 Å². The average Bonchev–Trinajstić information content (AvgIpc) is 3.69. The average molecular weight is 789 g/mol. The summed E-state index contributed by atoms with van der Waals surface area (Å²) in [5.41, 5.74) is 1.95. The normalized spacial score (nSPS) is 20.9. The van der Waals surface area contributed by atoms with Gasteiger partial charge in [-0.3, -0.25) is 24.6 Å². The Morgan fingerprint density at radius 2 is 1.59 bits per heavy atom. The highest BCUT2D eigenvalue weighted by atomic mass is 32.2. The number of aromatic amines is 1. The fraction of sp³-hybridized carbons (Fsp3) is 0.488. The Balaban J connectivity index is 0.000000733. The van der Waals surface area contributed by atoms with Crippen LogP contribution in [0.2, 0.25) is 0 Å². The maximum Gasteiger partial charge on any atom is 0.269 e. The van der Waals surface area contributed by atoms with Gasteiger partial charge in [0.25, 0.3) is 12.0 Å². The van der Waals surface area contributed by atoms with Gasteiger partial charge in [-0.05, 0) is 66.6 Å². The third-order valence-corrected chi connectivity index (χ3v) is 12.8. The molecule has 2 amide bonds. The first kappa shape index (κ1) is 39.6. The first-order chi connectivity index (χ1) is 27.1. The second-order valence-electron chi connectivity index (χ2n) is 15.3. The van der Waals surface area contributed by atoms with Gasteiger partial charge >= 0.3 is 0 Å². The Kier molecular flexibility index (Phi) is 12.8. The first-order valence-corrected chi connectivity index (χ1v) is 20.8. The molecule has 8 rings (SSSR count). The number of nitrogens with one attached hydrogen (secondary N) is 3. The highest BCUT2D eigenvalue weighted by Crippen LogP contribution is 2.27. The lowest BCUT2D eigenvalue weighted by Crippen LogP contribution is -2.46. The van der Waals surface area contributed by atoms with Gasteiger partial charge in [-0.2, -0.15) is 4.98 Å². The SMILES string of the molecule is CC1CCCC1.O=C1CCC(c2ccc(CN3CCN(c4ccc(S(=O)N5CCC(Nc6ncc7cc(C(F)F)c(=O)[nH]c7n6)CC5)cc4)CC3)cc2)C(=O)N1. The van der Waals surface area contributed by atoms with Gasteiger partial charge in [0.1, 0.15) is 16.6 Å². The summed E-state index contributed by atoms with van der Waals surface area (Å²) in [6.45, 7) is 7.96. The van der Waals surface area contributed by atoms with E-state index >= 15 is 0 Å². The molecule has 3 saturated heterocycles. The minimum absolute atomic E-state index is 0.0333. The van der Waals surface area contributed by atoms with E-state index < -0.39 is 28.5 Å². The summed E-state index contributed by atoms with van der Waals surface area (Å²) >= 11 is 0. The van der Waals surface area contributed by atoms with Crippen LogP contribution in [0.3, 0.4) is 0 Å². The fourth-order valence-electron chi connectivity index (χ4n) is 7.93. The Labute approximate surface area is 328 Å². The molecule has 1 saturated carbocycles. The quantitative estimate of drug-likeness (QED) is 0.177. The highest BCUT2D eigenvalue weighted by molar-refractivity contribution is 7.82. The van der Waals surface area contributed by atoms with E-state index in [1.54, 1.807) is 0 Å². The van der Waals surface area contributed by atoms with Crippen LogP contribution in [0.15, 0.2) is 70.5 Å². The number of hydrogen-bond donors (Lipinski definition) is 3. The number of carbonyl (C=O) groups excluding carboxylic acids is 2. The lowest BCUT2D eigenvalue weighted by molar-refractivity contribution is -0.134. The Hall–Kier alpha value is -4.60. The van der Waals surface area contributed by atoms with E-state index in [2.05, 4.69) is 54.4 Å². The molecular weight excluding hydrogens is 739 g/mol. The Morgan fingerprint density at radius 3 is 2.21 bits per heavy atom. The van der Waals surface area contributed by atoms with Crippen molar-refractivity contribution in [3.8, 4) is 0 Å². The molecule has 298 valence electrons. The third-order valence-electron chi connectivity index (χ3n) is 11.3. The molecule has 2 unspecified atom stereocenters. The number of fused-ring (bicyclic) bond motifs is 1. The summed E-state index contributed by atoms with van der Waals surface area (Å²) in [4.78, 5) is 52.1. The van der Waals surface area contributed by atoms with Gasteiger partial charge in [0.05, 0.1) is 16.4 Å². The van der Waals surface area contributed by atoms with E-state index in [-0.39, 0.29) is 29.4 Å². The number of halogens is 2.